The van der Waals surface area contributed by atoms with Gasteiger partial charge in [-0.3, -0.25) is 4.79 Å². The molecule has 0 radical (unpaired) electrons. The van der Waals surface area contributed by atoms with Crippen molar-refractivity contribution in [2.75, 3.05) is 61.2 Å². The van der Waals surface area contributed by atoms with Gasteiger partial charge in [0.1, 0.15) is 42.7 Å². The van der Waals surface area contributed by atoms with Gasteiger partial charge in [-0.15, -0.1) is 5.10 Å². The fourth-order valence-electron chi connectivity index (χ4n) is 12.4. The Bertz CT molecular complexity index is 2290. The van der Waals surface area contributed by atoms with Crippen LogP contribution in [-0.2, 0) is 54.4 Å². The first-order valence-electron chi connectivity index (χ1n) is 27.8. The minimum atomic E-state index is -3.62. The predicted molar refractivity (Wildman–Crippen MR) is 285 cm³/mol. The molecule has 6 rings (SSSR count). The van der Waals surface area contributed by atoms with E-state index in [1.165, 1.54) is 42.3 Å². The smallest absolute Gasteiger partial charge is 0.311 e. The number of rotatable bonds is 17. The van der Waals surface area contributed by atoms with Gasteiger partial charge in [0, 0.05) is 83.9 Å². The van der Waals surface area contributed by atoms with Gasteiger partial charge in [-0.05, 0) is 118 Å². The van der Waals surface area contributed by atoms with Gasteiger partial charge in [-0.25, -0.2) is 17.5 Å². The van der Waals surface area contributed by atoms with Crippen LogP contribution in [0.4, 0.5) is 4.39 Å². The number of sulfonamides is 1. The number of halogens is 1. The maximum atomic E-state index is 14.9. The van der Waals surface area contributed by atoms with Gasteiger partial charge < -0.3 is 63.4 Å². The minimum absolute atomic E-state index is 0.0505. The van der Waals surface area contributed by atoms with Crippen molar-refractivity contribution in [3.63, 3.8) is 0 Å². The number of cyclic esters (lactones) is 1. The summed E-state index contributed by atoms with van der Waals surface area (Å²) in [5, 5.41) is 56.3. The number of hydrogen-bond acceptors (Lipinski definition) is 18. The molecule has 4 saturated heterocycles. The van der Waals surface area contributed by atoms with Crippen LogP contribution in [0.5, 0.6) is 0 Å². The zero-order chi connectivity index (χ0) is 56.9. The zero-order valence-corrected chi connectivity index (χ0v) is 49.0. The molecule has 2 aromatic rings. The Morgan fingerprint density at radius 3 is 2.21 bits per heavy atom. The molecular weight excluding hydrogens is 1020 g/mol. The molecule has 22 heteroatoms. The summed E-state index contributed by atoms with van der Waals surface area (Å²) in [7, 11) is 3.23. The summed E-state index contributed by atoms with van der Waals surface area (Å²) in [6, 6.07) is 4.91. The average Bonchev–Trinajstić information content (AvgIpc) is 4.13. The number of nitrogens with zero attached hydrogens (tertiary/aromatic N) is 6. The van der Waals surface area contributed by atoms with Gasteiger partial charge in [0.05, 0.1) is 52.1 Å². The molecule has 19 atom stereocenters. The molecule has 0 aliphatic carbocycles. The molecular formula is C55H93FN6O14S. The number of esters is 1. The molecule has 1 aromatic carbocycles. The predicted octanol–water partition coefficient (Wildman–Crippen LogP) is 4.82. The number of aliphatic hydroxyl groups is 4. The highest BCUT2D eigenvalue weighted by Gasteiger charge is 2.52. The number of ether oxygens (including phenoxy) is 7. The van der Waals surface area contributed by atoms with Gasteiger partial charge >= 0.3 is 5.97 Å². The van der Waals surface area contributed by atoms with Crippen molar-refractivity contribution in [1.29, 1.82) is 0 Å². The Morgan fingerprint density at radius 2 is 1.60 bits per heavy atom. The highest BCUT2D eigenvalue weighted by atomic mass is 32.2. The molecule has 5 heterocycles. The van der Waals surface area contributed by atoms with Crippen molar-refractivity contribution >= 4 is 16.0 Å². The third kappa shape index (κ3) is 14.6. The van der Waals surface area contributed by atoms with Crippen LogP contribution in [0.15, 0.2) is 35.4 Å². The van der Waals surface area contributed by atoms with Gasteiger partial charge in [-0.2, -0.15) is 4.31 Å². The van der Waals surface area contributed by atoms with Crippen molar-refractivity contribution in [3.05, 3.63) is 41.7 Å². The lowest BCUT2D eigenvalue weighted by Gasteiger charge is -2.48. The fourth-order valence-corrected chi connectivity index (χ4v) is 13.9. The molecule has 4 aliphatic rings. The molecule has 0 bridgehead atoms. The number of benzene rings is 1. The maximum absolute atomic E-state index is 14.9. The summed E-state index contributed by atoms with van der Waals surface area (Å²) in [5.74, 6) is -2.63. The Balaban J connectivity index is 1.22. The van der Waals surface area contributed by atoms with Crippen LogP contribution in [0.3, 0.4) is 0 Å². The molecule has 4 N–H and O–H groups in total. The Morgan fingerprint density at radius 1 is 0.935 bits per heavy atom. The highest BCUT2D eigenvalue weighted by molar-refractivity contribution is 7.89. The van der Waals surface area contributed by atoms with Crippen molar-refractivity contribution in [2.45, 2.75) is 222 Å². The van der Waals surface area contributed by atoms with E-state index < -0.39 is 119 Å². The van der Waals surface area contributed by atoms with Gasteiger partial charge in [0.25, 0.3) is 0 Å². The van der Waals surface area contributed by atoms with E-state index >= 15 is 0 Å². The number of aliphatic hydroxyl groups excluding tert-OH is 2. The van der Waals surface area contributed by atoms with Crippen LogP contribution in [0.25, 0.3) is 0 Å². The monoisotopic (exact) mass is 1110 g/mol. The Kier molecular flexibility index (Phi) is 21.7. The molecule has 77 heavy (non-hydrogen) atoms. The highest BCUT2D eigenvalue weighted by Crippen LogP contribution is 2.41. The Labute approximate surface area is 457 Å². The second-order valence-corrected chi connectivity index (χ2v) is 25.5. The SMILES string of the molecule is CC[C@H]1OC(=O)[C@H](C)[C@@H](O[C@H]2C[C@@](C)(OC)[C@@H](O)[C@H](C)O2)[C@H](C)[C@@H](O[C@H]2C[C@@H](N(C)CCc3cn([C@H](CF)[C@H](OC)c4ccc(S(=O)(=O)N5CCCC5)cc4)nn3)C[C@@H](C)O2)[C@](C)(O)C[C@@H](C)CN(C)[C@H](C)[C@@H](O)[C@]1(C)O. The first-order chi connectivity index (χ1) is 36.1. The van der Waals surface area contributed by atoms with Crippen LogP contribution in [0, 0.1) is 17.8 Å². The maximum Gasteiger partial charge on any atom is 0.311 e. The lowest BCUT2D eigenvalue weighted by Crippen LogP contribution is -2.59. The first-order valence-corrected chi connectivity index (χ1v) is 29.2. The summed E-state index contributed by atoms with van der Waals surface area (Å²) >= 11 is 0. The molecule has 0 amide bonds. The molecule has 4 aliphatic heterocycles. The van der Waals surface area contributed by atoms with Crippen molar-refractivity contribution in [2.24, 2.45) is 17.8 Å². The summed E-state index contributed by atoms with van der Waals surface area (Å²) in [5.41, 5.74) is -3.21. The molecule has 440 valence electrons. The Hall–Kier alpha value is -2.81. The average molecular weight is 1110 g/mol. The second-order valence-electron chi connectivity index (χ2n) is 23.6. The van der Waals surface area contributed by atoms with Crippen LogP contribution >= 0.6 is 0 Å². The molecule has 20 nitrogen and oxygen atoms in total. The summed E-state index contributed by atoms with van der Waals surface area (Å²) < 4.78 is 88.7. The lowest BCUT2D eigenvalue weighted by molar-refractivity contribution is -0.308. The largest absolute Gasteiger partial charge is 0.459 e. The molecule has 0 unspecified atom stereocenters. The van der Waals surface area contributed by atoms with Crippen LogP contribution in [0.2, 0.25) is 0 Å². The van der Waals surface area contributed by atoms with E-state index in [-0.39, 0.29) is 42.2 Å². The number of carbonyl (C=O) groups is 1. The van der Waals surface area contributed by atoms with Crippen molar-refractivity contribution < 1.29 is 71.2 Å². The van der Waals surface area contributed by atoms with Crippen LogP contribution in [-0.4, -0.2) is 209 Å². The van der Waals surface area contributed by atoms with Crippen molar-refractivity contribution in [3.8, 4) is 0 Å². The van der Waals surface area contributed by atoms with Gasteiger partial charge in [0.2, 0.25) is 10.0 Å². The van der Waals surface area contributed by atoms with Gasteiger partial charge in [-0.1, -0.05) is 38.1 Å². The number of carbonyl (C=O) groups excluding carboxylic acids is 1. The fraction of sp³-hybridized carbons (Fsp3) is 0.836. The van der Waals surface area contributed by atoms with E-state index in [2.05, 4.69) is 15.2 Å². The standard InChI is InChI=1S/C55H93FN6O14S/c1-15-44-55(10,67)49(63)37(6)60(12)31-33(2)28-53(8,66)51(35(4)47(36(5)52(65)74-44)75-46-29-54(9,71-14)50(64)38(7)73-46)76-45-27-41(26-34(3)72-45)59(11)25-22-40-32-62(58-57-40)43(30-56)48(70-13)39-18-20-42(21-19-39)77(68,69)61-23-16-17-24-61/h18-21,32-38,41,43-51,63-64,66-67H,15-17,22-31H2,1-14H3/t33-,34-,35+,36-,37-,38+,41+,43-,44-,45+,46+,47+,48-,49-,50+,51-,53-,54-,55-/m1/s1. The third-order valence-electron chi connectivity index (χ3n) is 17.3. The number of alkyl halides is 1. The topological polar surface area (TPSA) is 237 Å². The van der Waals surface area contributed by atoms with E-state index in [0.717, 1.165) is 12.8 Å². The molecule has 4 fully saturated rings. The number of likely N-dealkylation sites (N-methyl/N-ethyl adjacent to an activating group) is 2. The number of hydrogen-bond donors (Lipinski definition) is 4. The zero-order valence-electron chi connectivity index (χ0n) is 48.2. The van der Waals surface area contributed by atoms with E-state index in [0.29, 0.717) is 56.7 Å². The summed E-state index contributed by atoms with van der Waals surface area (Å²) in [6.07, 6.45) is -3.44. The van der Waals surface area contributed by atoms with Gasteiger partial charge in [0.15, 0.2) is 12.6 Å². The normalized spacial score (nSPS) is 38.7. The molecule has 1 aromatic heterocycles. The van der Waals surface area contributed by atoms with Crippen molar-refractivity contribution in [1.82, 2.24) is 29.1 Å². The summed E-state index contributed by atoms with van der Waals surface area (Å²) in [4.78, 5) is 18.8. The number of aromatic nitrogens is 3. The lowest BCUT2D eigenvalue weighted by atomic mass is 9.77. The second kappa shape index (κ2) is 26.4. The van der Waals surface area contributed by atoms with E-state index in [9.17, 15) is 38.0 Å². The number of methoxy groups -OCH3 is 2. The van der Waals surface area contributed by atoms with Crippen LogP contribution in [0.1, 0.15) is 138 Å². The van der Waals surface area contributed by atoms with Crippen LogP contribution < -0.4 is 0 Å². The molecule has 0 saturated carbocycles. The summed E-state index contributed by atoms with van der Waals surface area (Å²) in [6.45, 7) is 19.0. The van der Waals surface area contributed by atoms with E-state index in [4.69, 9.17) is 33.2 Å². The van der Waals surface area contributed by atoms with E-state index in [1.807, 2.05) is 46.7 Å². The first kappa shape index (κ1) is 63.4. The third-order valence-corrected chi connectivity index (χ3v) is 19.2. The van der Waals surface area contributed by atoms with E-state index in [1.54, 1.807) is 52.9 Å². The minimum Gasteiger partial charge on any atom is -0.459 e. The quantitative estimate of drug-likeness (QED) is 0.155. The molecule has 0 spiro atoms.